The van der Waals surface area contributed by atoms with E-state index in [9.17, 15) is 0 Å². The monoisotopic (exact) mass is 270 g/mol. The molecule has 0 saturated heterocycles. The summed E-state index contributed by atoms with van der Waals surface area (Å²) in [6, 6.07) is 0. The van der Waals surface area contributed by atoms with E-state index in [1.54, 1.807) is 21.1 Å². The third-order valence-corrected chi connectivity index (χ3v) is 1.06. The summed E-state index contributed by atoms with van der Waals surface area (Å²) in [4.78, 5) is 0. The molecule has 0 radical (unpaired) electrons. The van der Waals surface area contributed by atoms with Crippen molar-refractivity contribution in [3.05, 3.63) is 0 Å². The van der Waals surface area contributed by atoms with E-state index >= 15 is 0 Å². The maximum absolute atomic E-state index is 8.26. The molecular weight excluding hydrogens is 236 g/mol. The van der Waals surface area contributed by atoms with Crippen LogP contribution in [0.3, 0.4) is 0 Å². The fourth-order valence-corrected chi connectivity index (χ4v) is 0.378. The number of hydrogen-bond donors (Lipinski definition) is 4. The van der Waals surface area contributed by atoms with Crippen molar-refractivity contribution in [2.75, 3.05) is 67.8 Å². The standard InChI is InChI=1S/C5H13NO2.C3H8O.C2H7N.C2H6O/c1-8-5-3-6-2-4-7;1-3-4-2;1-3-2;1-2-3/h6-7H,2-5H2,1H3;3H2,1-2H3;3H,1-2H3;3H,2H2,1H3. The van der Waals surface area contributed by atoms with Crippen LogP contribution in [0.4, 0.5) is 0 Å². The van der Waals surface area contributed by atoms with Crippen LogP contribution in [-0.4, -0.2) is 78.0 Å². The number of aliphatic hydroxyl groups excluding tert-OH is 2. The highest BCUT2D eigenvalue weighted by Crippen LogP contribution is 1.62. The Morgan fingerprint density at radius 1 is 0.944 bits per heavy atom. The van der Waals surface area contributed by atoms with Crippen molar-refractivity contribution >= 4 is 0 Å². The summed E-state index contributed by atoms with van der Waals surface area (Å²) in [7, 11) is 7.08. The molecule has 6 heteroatoms. The lowest BCUT2D eigenvalue weighted by Gasteiger charge is -1.98. The molecule has 0 aliphatic carbocycles. The van der Waals surface area contributed by atoms with Gasteiger partial charge in [0.1, 0.15) is 0 Å². The van der Waals surface area contributed by atoms with Gasteiger partial charge in [-0.25, -0.2) is 0 Å². The van der Waals surface area contributed by atoms with Crippen molar-refractivity contribution in [2.24, 2.45) is 0 Å². The van der Waals surface area contributed by atoms with Crippen LogP contribution in [0.1, 0.15) is 13.8 Å². The van der Waals surface area contributed by atoms with E-state index in [0.29, 0.717) is 13.2 Å². The van der Waals surface area contributed by atoms with Gasteiger partial charge in [0.25, 0.3) is 0 Å². The maximum atomic E-state index is 8.26. The van der Waals surface area contributed by atoms with E-state index in [1.165, 1.54) is 0 Å². The molecule has 6 nitrogen and oxygen atoms in total. The normalized spacial score (nSPS) is 8.00. The molecule has 0 bridgehead atoms. The number of ether oxygens (including phenoxy) is 2. The van der Waals surface area contributed by atoms with Gasteiger partial charge in [0.2, 0.25) is 0 Å². The first kappa shape index (κ1) is 26.3. The molecule has 0 aromatic rings. The number of nitrogens with one attached hydrogen (secondary N) is 2. The molecule has 116 valence electrons. The van der Waals surface area contributed by atoms with Crippen LogP contribution < -0.4 is 10.6 Å². The number of methoxy groups -OCH3 is 2. The van der Waals surface area contributed by atoms with E-state index in [1.807, 2.05) is 21.0 Å². The largest absolute Gasteiger partial charge is 0.397 e. The third-order valence-electron chi connectivity index (χ3n) is 1.06. The fourth-order valence-electron chi connectivity index (χ4n) is 0.378. The van der Waals surface area contributed by atoms with Crippen LogP contribution in [0.25, 0.3) is 0 Å². The highest BCUT2D eigenvalue weighted by molar-refractivity contribution is 4.41. The van der Waals surface area contributed by atoms with E-state index < -0.39 is 0 Å². The first-order valence-electron chi connectivity index (χ1n) is 6.15. The molecule has 0 amide bonds. The van der Waals surface area contributed by atoms with E-state index in [-0.39, 0.29) is 13.2 Å². The van der Waals surface area contributed by atoms with Gasteiger partial charge >= 0.3 is 0 Å². The molecule has 0 unspecified atom stereocenters. The lowest BCUT2D eigenvalue weighted by molar-refractivity contribution is 0.195. The van der Waals surface area contributed by atoms with Gasteiger partial charge in [0.05, 0.1) is 13.2 Å². The zero-order valence-electron chi connectivity index (χ0n) is 13.0. The minimum Gasteiger partial charge on any atom is -0.397 e. The average molecular weight is 270 g/mol. The van der Waals surface area contributed by atoms with Crippen molar-refractivity contribution in [3.8, 4) is 0 Å². The number of rotatable bonds is 6. The van der Waals surface area contributed by atoms with Crippen LogP contribution in [0.15, 0.2) is 0 Å². The highest BCUT2D eigenvalue weighted by atomic mass is 16.5. The Morgan fingerprint density at radius 3 is 1.56 bits per heavy atom. The Bertz CT molecular complexity index is 78.5. The molecule has 4 N–H and O–H groups in total. The molecule has 0 atom stereocenters. The summed E-state index contributed by atoms with van der Waals surface area (Å²) in [6.07, 6.45) is 0. The maximum Gasteiger partial charge on any atom is 0.0587 e. The molecule has 0 spiro atoms. The Kier molecular flexibility index (Phi) is 64.0. The Balaban J connectivity index is -0.0000000827. The predicted molar refractivity (Wildman–Crippen MR) is 77.1 cm³/mol. The molecule has 0 heterocycles. The minimum atomic E-state index is 0.198. The van der Waals surface area contributed by atoms with Gasteiger partial charge in [-0.3, -0.25) is 0 Å². The van der Waals surface area contributed by atoms with Gasteiger partial charge in [0, 0.05) is 40.5 Å². The summed E-state index contributed by atoms with van der Waals surface area (Å²) in [5, 5.41) is 21.5. The van der Waals surface area contributed by atoms with Gasteiger partial charge in [-0.1, -0.05) is 0 Å². The van der Waals surface area contributed by atoms with Gasteiger partial charge < -0.3 is 30.3 Å². The second-order valence-corrected chi connectivity index (χ2v) is 2.86. The van der Waals surface area contributed by atoms with E-state index in [0.717, 1.165) is 13.2 Å². The van der Waals surface area contributed by atoms with Crippen molar-refractivity contribution in [1.82, 2.24) is 10.6 Å². The smallest absolute Gasteiger partial charge is 0.0587 e. The second-order valence-electron chi connectivity index (χ2n) is 2.86. The molecule has 18 heavy (non-hydrogen) atoms. The first-order valence-corrected chi connectivity index (χ1v) is 6.15. The van der Waals surface area contributed by atoms with Gasteiger partial charge in [-0.05, 0) is 27.9 Å². The Hall–Kier alpha value is -0.240. The summed E-state index contributed by atoms with van der Waals surface area (Å²) in [5.41, 5.74) is 0. The molecule has 0 aliphatic rings. The molecule has 0 aromatic carbocycles. The fraction of sp³-hybridized carbons (Fsp3) is 1.00. The summed E-state index contributed by atoms with van der Waals surface area (Å²) >= 11 is 0. The molecular formula is C12H34N2O4. The molecule has 0 aliphatic heterocycles. The first-order chi connectivity index (χ1) is 8.66. The third kappa shape index (κ3) is 103. The van der Waals surface area contributed by atoms with Crippen molar-refractivity contribution in [1.29, 1.82) is 0 Å². The highest BCUT2D eigenvalue weighted by Gasteiger charge is 1.81. The summed E-state index contributed by atoms with van der Waals surface area (Å²) < 4.78 is 9.29. The van der Waals surface area contributed by atoms with Gasteiger partial charge in [0.15, 0.2) is 0 Å². The van der Waals surface area contributed by atoms with Crippen LogP contribution >= 0.6 is 0 Å². The number of aliphatic hydroxyl groups is 2. The Labute approximate surface area is 113 Å². The van der Waals surface area contributed by atoms with Gasteiger partial charge in [-0.15, -0.1) is 0 Å². The lowest BCUT2D eigenvalue weighted by atomic mass is 10.6. The summed E-state index contributed by atoms with van der Waals surface area (Å²) in [5.74, 6) is 0. The van der Waals surface area contributed by atoms with Crippen LogP contribution in [0, 0.1) is 0 Å². The van der Waals surface area contributed by atoms with Crippen LogP contribution in [-0.2, 0) is 9.47 Å². The van der Waals surface area contributed by atoms with Gasteiger partial charge in [-0.2, -0.15) is 0 Å². The average Bonchev–Trinajstić information content (AvgIpc) is 2.37. The van der Waals surface area contributed by atoms with Crippen LogP contribution in [0.2, 0.25) is 0 Å². The molecule has 0 aromatic heterocycles. The van der Waals surface area contributed by atoms with Crippen molar-refractivity contribution in [2.45, 2.75) is 13.8 Å². The zero-order valence-corrected chi connectivity index (χ0v) is 13.0. The van der Waals surface area contributed by atoms with E-state index in [2.05, 4.69) is 15.4 Å². The molecule has 0 fully saturated rings. The lowest BCUT2D eigenvalue weighted by Crippen LogP contribution is -2.22. The predicted octanol–water partition coefficient (Wildman–Crippen LogP) is -0.298. The SMILES string of the molecule is CCO.CCOC.CNC.COCCNCCO. The topological polar surface area (TPSA) is 83.0 Å². The second kappa shape index (κ2) is 43.7. The molecule has 0 rings (SSSR count). The van der Waals surface area contributed by atoms with Crippen molar-refractivity contribution < 1.29 is 19.7 Å². The van der Waals surface area contributed by atoms with Crippen LogP contribution in [0.5, 0.6) is 0 Å². The minimum absolute atomic E-state index is 0.198. The van der Waals surface area contributed by atoms with E-state index in [4.69, 9.17) is 14.9 Å². The molecule has 0 saturated carbocycles. The quantitative estimate of drug-likeness (QED) is 0.496. The zero-order chi connectivity index (χ0) is 15.1. The van der Waals surface area contributed by atoms with Crippen molar-refractivity contribution in [3.63, 3.8) is 0 Å². The summed E-state index contributed by atoms with van der Waals surface area (Å²) in [6.45, 7) is 7.09. The number of hydrogen-bond acceptors (Lipinski definition) is 6. The Morgan fingerprint density at radius 2 is 1.33 bits per heavy atom.